The molecule has 0 fully saturated rings. The number of hydrogen-bond acceptors (Lipinski definition) is 8. The Bertz CT molecular complexity index is 1280. The van der Waals surface area contributed by atoms with Crippen molar-refractivity contribution in [1.82, 2.24) is 25.1 Å². The highest BCUT2D eigenvalue weighted by atomic mass is 19.1. The van der Waals surface area contributed by atoms with Crippen LogP contribution < -0.4 is 16.8 Å². The van der Waals surface area contributed by atoms with E-state index in [-0.39, 0.29) is 51.9 Å². The molecule has 10 nitrogen and oxygen atoms in total. The lowest BCUT2D eigenvalue weighted by Crippen LogP contribution is -2.16. The number of nitrogens with one attached hydrogen (secondary N) is 2. The van der Waals surface area contributed by atoms with Crippen LogP contribution in [0.1, 0.15) is 11.1 Å². The second kappa shape index (κ2) is 7.82. The SMILES string of the molecule is COC(=O)Nc1c(N)nc(-c2[nH]nc3ncc(F)c(Cc4ccccc4F)c23)nc1N. The minimum atomic E-state index is -0.805. The Morgan fingerprint density at radius 1 is 1.16 bits per heavy atom. The molecule has 3 aromatic heterocycles. The van der Waals surface area contributed by atoms with Crippen molar-refractivity contribution in [2.75, 3.05) is 23.9 Å². The predicted molar refractivity (Wildman–Crippen MR) is 109 cm³/mol. The Morgan fingerprint density at radius 3 is 2.55 bits per heavy atom. The third-order valence-corrected chi connectivity index (χ3v) is 4.56. The third kappa shape index (κ3) is 3.66. The number of rotatable bonds is 4. The second-order valence-electron chi connectivity index (χ2n) is 6.46. The topological polar surface area (TPSA) is 158 Å². The molecule has 3 heterocycles. The molecule has 0 bridgehead atoms. The highest BCUT2D eigenvalue weighted by Crippen LogP contribution is 2.32. The lowest BCUT2D eigenvalue weighted by Gasteiger charge is -2.11. The van der Waals surface area contributed by atoms with Gasteiger partial charge in [0.15, 0.2) is 23.1 Å². The first kappa shape index (κ1) is 19.9. The van der Waals surface area contributed by atoms with Crippen molar-refractivity contribution in [1.29, 1.82) is 0 Å². The lowest BCUT2D eigenvalue weighted by atomic mass is 10.0. The van der Waals surface area contributed by atoms with Gasteiger partial charge in [0.25, 0.3) is 0 Å². The van der Waals surface area contributed by atoms with Crippen LogP contribution >= 0.6 is 0 Å². The first-order valence-electron chi connectivity index (χ1n) is 8.92. The first-order valence-corrected chi connectivity index (χ1v) is 8.92. The standard InChI is InChI=1S/C19H16F2N8O2/c1-31-19(30)25-14-15(22)26-18(27-16(14)23)13-12-9(6-8-4-2-3-5-10(8)20)11(21)7-24-17(12)29-28-13/h2-5,7H,6H2,1H3,(H,25,30)(H,24,28,29)(H4,22,23,26,27). The van der Waals surface area contributed by atoms with Crippen LogP contribution in [-0.2, 0) is 11.2 Å². The van der Waals surface area contributed by atoms with E-state index in [9.17, 15) is 13.6 Å². The summed E-state index contributed by atoms with van der Waals surface area (Å²) in [5, 5.41) is 9.34. The molecule has 6 N–H and O–H groups in total. The van der Waals surface area contributed by atoms with E-state index in [4.69, 9.17) is 11.5 Å². The van der Waals surface area contributed by atoms with Gasteiger partial charge in [-0.3, -0.25) is 10.4 Å². The van der Waals surface area contributed by atoms with E-state index in [2.05, 4.69) is 35.2 Å². The van der Waals surface area contributed by atoms with Crippen LogP contribution in [0.3, 0.4) is 0 Å². The molecule has 0 aliphatic heterocycles. The fourth-order valence-electron chi connectivity index (χ4n) is 3.08. The van der Waals surface area contributed by atoms with E-state index in [1.165, 1.54) is 13.2 Å². The van der Waals surface area contributed by atoms with Crippen molar-refractivity contribution in [3.8, 4) is 11.5 Å². The zero-order valence-corrected chi connectivity index (χ0v) is 16.1. The number of fused-ring (bicyclic) bond motifs is 1. The Balaban J connectivity index is 1.85. The number of nitrogens with zero attached hydrogens (tertiary/aromatic N) is 4. The Kier molecular flexibility index (Phi) is 5.03. The molecule has 0 saturated heterocycles. The maximum absolute atomic E-state index is 14.7. The maximum Gasteiger partial charge on any atom is 0.411 e. The number of ether oxygens (including phenoxy) is 1. The fraction of sp³-hybridized carbons (Fsp3) is 0.105. The number of amides is 1. The summed E-state index contributed by atoms with van der Waals surface area (Å²) in [5.74, 6) is -1.41. The minimum absolute atomic E-state index is 0.00454. The summed E-state index contributed by atoms with van der Waals surface area (Å²) in [6.07, 6.45) is 0.146. The highest BCUT2D eigenvalue weighted by Gasteiger charge is 2.22. The molecule has 0 spiro atoms. The molecule has 0 atom stereocenters. The monoisotopic (exact) mass is 426 g/mol. The summed E-state index contributed by atoms with van der Waals surface area (Å²) < 4.78 is 33.4. The predicted octanol–water partition coefficient (Wildman–Crippen LogP) is 2.63. The summed E-state index contributed by atoms with van der Waals surface area (Å²) in [6.45, 7) is 0. The van der Waals surface area contributed by atoms with Gasteiger partial charge in [-0.05, 0) is 11.6 Å². The highest BCUT2D eigenvalue weighted by molar-refractivity contribution is 5.95. The van der Waals surface area contributed by atoms with Crippen molar-refractivity contribution in [2.45, 2.75) is 6.42 Å². The Hall–Kier alpha value is -4.35. The molecule has 0 aliphatic carbocycles. The zero-order chi connectivity index (χ0) is 22.1. The normalized spacial score (nSPS) is 10.9. The van der Waals surface area contributed by atoms with Gasteiger partial charge in [0.1, 0.15) is 23.0 Å². The van der Waals surface area contributed by atoms with Gasteiger partial charge in [-0.25, -0.2) is 28.5 Å². The van der Waals surface area contributed by atoms with Crippen LogP contribution in [0.2, 0.25) is 0 Å². The molecule has 0 saturated carbocycles. The number of nitrogen functional groups attached to an aromatic ring is 2. The number of methoxy groups -OCH3 is 1. The Labute approximate surface area is 173 Å². The molecule has 4 rings (SSSR count). The largest absolute Gasteiger partial charge is 0.453 e. The summed E-state index contributed by atoms with van der Waals surface area (Å²) >= 11 is 0. The van der Waals surface area contributed by atoms with Crippen molar-refractivity contribution in [3.05, 3.63) is 53.2 Å². The summed E-state index contributed by atoms with van der Waals surface area (Å²) in [6, 6.07) is 6.05. The van der Waals surface area contributed by atoms with E-state index in [0.29, 0.717) is 5.56 Å². The van der Waals surface area contributed by atoms with Gasteiger partial charge < -0.3 is 16.2 Å². The van der Waals surface area contributed by atoms with Gasteiger partial charge in [0, 0.05) is 12.0 Å². The number of carbonyl (C=O) groups excluding carboxylic acids is 1. The molecular formula is C19H16F2N8O2. The van der Waals surface area contributed by atoms with Gasteiger partial charge in [-0.1, -0.05) is 18.2 Å². The number of aromatic amines is 1. The third-order valence-electron chi connectivity index (χ3n) is 4.56. The van der Waals surface area contributed by atoms with Crippen LogP contribution in [0.5, 0.6) is 0 Å². The number of benzene rings is 1. The van der Waals surface area contributed by atoms with Crippen LogP contribution in [0.25, 0.3) is 22.6 Å². The average Bonchev–Trinajstić information content (AvgIpc) is 3.18. The van der Waals surface area contributed by atoms with Crippen LogP contribution in [0.4, 0.5) is 30.9 Å². The van der Waals surface area contributed by atoms with Crippen LogP contribution in [-0.4, -0.2) is 38.4 Å². The molecule has 158 valence electrons. The van der Waals surface area contributed by atoms with Gasteiger partial charge in [0.05, 0.1) is 18.7 Å². The van der Waals surface area contributed by atoms with E-state index in [0.717, 1.165) is 6.20 Å². The van der Waals surface area contributed by atoms with E-state index in [1.54, 1.807) is 18.2 Å². The molecule has 1 aromatic carbocycles. The second-order valence-corrected chi connectivity index (χ2v) is 6.46. The number of nitrogens with two attached hydrogens (primary N) is 2. The molecule has 0 radical (unpaired) electrons. The number of aromatic nitrogens is 5. The molecule has 1 amide bonds. The van der Waals surface area contributed by atoms with Gasteiger partial charge in [-0.15, -0.1) is 0 Å². The van der Waals surface area contributed by atoms with Gasteiger partial charge in [0.2, 0.25) is 0 Å². The quantitative estimate of drug-likeness (QED) is 0.388. The maximum atomic E-state index is 14.7. The van der Waals surface area contributed by atoms with Crippen LogP contribution in [0.15, 0.2) is 30.5 Å². The molecule has 0 unspecified atom stereocenters. The Morgan fingerprint density at radius 2 is 1.87 bits per heavy atom. The summed E-state index contributed by atoms with van der Waals surface area (Å²) in [5.41, 5.74) is 12.6. The van der Waals surface area contributed by atoms with Crippen molar-refractivity contribution >= 4 is 34.4 Å². The summed E-state index contributed by atoms with van der Waals surface area (Å²) in [4.78, 5) is 23.7. The van der Waals surface area contributed by atoms with Gasteiger partial charge >= 0.3 is 6.09 Å². The molecule has 4 aromatic rings. The molecular weight excluding hydrogens is 410 g/mol. The lowest BCUT2D eigenvalue weighted by molar-refractivity contribution is 0.187. The number of H-pyrrole nitrogens is 1. The zero-order valence-electron chi connectivity index (χ0n) is 16.1. The van der Waals surface area contributed by atoms with E-state index in [1.807, 2.05) is 0 Å². The minimum Gasteiger partial charge on any atom is -0.453 e. The van der Waals surface area contributed by atoms with Gasteiger partial charge in [-0.2, -0.15) is 5.10 Å². The van der Waals surface area contributed by atoms with Crippen LogP contribution in [0, 0.1) is 11.6 Å². The van der Waals surface area contributed by atoms with E-state index >= 15 is 0 Å². The number of pyridine rings is 1. The molecule has 12 heteroatoms. The summed E-state index contributed by atoms with van der Waals surface area (Å²) in [7, 11) is 1.17. The number of anilines is 3. The van der Waals surface area contributed by atoms with Crippen molar-refractivity contribution in [2.24, 2.45) is 0 Å². The molecule has 31 heavy (non-hydrogen) atoms. The van der Waals surface area contributed by atoms with Crippen molar-refractivity contribution < 1.29 is 18.3 Å². The number of hydrogen-bond donors (Lipinski definition) is 4. The fourth-order valence-corrected chi connectivity index (χ4v) is 3.08. The smallest absolute Gasteiger partial charge is 0.411 e. The molecule has 0 aliphatic rings. The van der Waals surface area contributed by atoms with Crippen molar-refractivity contribution in [3.63, 3.8) is 0 Å². The number of carbonyl (C=O) groups is 1. The average molecular weight is 426 g/mol. The van der Waals surface area contributed by atoms with E-state index < -0.39 is 17.7 Å². The first-order chi connectivity index (χ1) is 14.9. The number of halogens is 2.